The highest BCUT2D eigenvalue weighted by Gasteiger charge is 2.44. The minimum atomic E-state index is 0.626. The van der Waals surface area contributed by atoms with Gasteiger partial charge >= 0.3 is 0 Å². The monoisotopic (exact) mass is 219 g/mol. The van der Waals surface area contributed by atoms with Crippen molar-refractivity contribution >= 4 is 0 Å². The summed E-state index contributed by atoms with van der Waals surface area (Å²) in [4.78, 5) is 0. The molecule has 2 aliphatic rings. The zero-order valence-electron chi connectivity index (χ0n) is 10.1. The van der Waals surface area contributed by atoms with Gasteiger partial charge in [-0.1, -0.05) is 6.42 Å². The lowest BCUT2D eigenvalue weighted by Crippen LogP contribution is -2.25. The van der Waals surface area contributed by atoms with E-state index in [0.717, 1.165) is 5.69 Å². The number of rotatable bonds is 2. The van der Waals surface area contributed by atoms with Gasteiger partial charge in [0.15, 0.2) is 0 Å². The lowest BCUT2D eigenvalue weighted by Gasteiger charge is -2.38. The van der Waals surface area contributed by atoms with Crippen molar-refractivity contribution in [3.05, 3.63) is 17.0 Å². The Balaban J connectivity index is 1.82. The SMILES string of the molecule is Cc1[nH]nc(C2CCC3(CCC3)C2)c1CN. The Morgan fingerprint density at radius 3 is 2.81 bits per heavy atom. The second kappa shape index (κ2) is 3.59. The molecule has 0 amide bonds. The molecule has 2 saturated carbocycles. The molecule has 0 saturated heterocycles. The molecule has 1 aromatic rings. The maximum atomic E-state index is 5.82. The zero-order chi connectivity index (χ0) is 11.2. The average molecular weight is 219 g/mol. The Morgan fingerprint density at radius 1 is 1.44 bits per heavy atom. The molecule has 1 spiro atoms. The number of aryl methyl sites for hydroxylation is 1. The highest BCUT2D eigenvalue weighted by molar-refractivity contribution is 5.28. The fourth-order valence-electron chi connectivity index (χ4n) is 3.64. The first-order chi connectivity index (χ1) is 7.74. The van der Waals surface area contributed by atoms with Crippen LogP contribution in [0, 0.1) is 12.3 Å². The second-order valence-corrected chi connectivity index (χ2v) is 5.71. The molecule has 3 N–H and O–H groups in total. The largest absolute Gasteiger partial charge is 0.326 e. The number of hydrogen-bond donors (Lipinski definition) is 2. The van der Waals surface area contributed by atoms with Gasteiger partial charge in [-0.25, -0.2) is 0 Å². The van der Waals surface area contributed by atoms with Crippen LogP contribution in [-0.4, -0.2) is 10.2 Å². The summed E-state index contributed by atoms with van der Waals surface area (Å²) in [6.45, 7) is 2.70. The first kappa shape index (κ1) is 10.3. The minimum absolute atomic E-state index is 0.626. The van der Waals surface area contributed by atoms with Crippen molar-refractivity contribution in [1.82, 2.24) is 10.2 Å². The molecule has 2 aliphatic carbocycles. The van der Waals surface area contributed by atoms with Crippen LogP contribution in [0.3, 0.4) is 0 Å². The molecule has 2 fully saturated rings. The quantitative estimate of drug-likeness (QED) is 0.803. The van der Waals surface area contributed by atoms with E-state index in [1.54, 1.807) is 0 Å². The van der Waals surface area contributed by atoms with Gasteiger partial charge in [-0.05, 0) is 44.4 Å². The van der Waals surface area contributed by atoms with Crippen molar-refractivity contribution in [1.29, 1.82) is 0 Å². The normalized spacial score (nSPS) is 27.2. The molecule has 3 rings (SSSR count). The summed E-state index contributed by atoms with van der Waals surface area (Å²) >= 11 is 0. The first-order valence-electron chi connectivity index (χ1n) is 6.48. The van der Waals surface area contributed by atoms with Crippen molar-refractivity contribution in [2.45, 2.75) is 57.9 Å². The number of aromatic nitrogens is 2. The fourth-order valence-corrected chi connectivity index (χ4v) is 3.64. The van der Waals surface area contributed by atoms with E-state index in [1.165, 1.54) is 49.8 Å². The predicted molar refractivity (Wildman–Crippen MR) is 64.1 cm³/mol. The van der Waals surface area contributed by atoms with E-state index in [4.69, 9.17) is 5.73 Å². The molecule has 1 atom stereocenters. The lowest BCUT2D eigenvalue weighted by atomic mass is 9.67. The van der Waals surface area contributed by atoms with Gasteiger partial charge in [0, 0.05) is 23.7 Å². The molecule has 1 unspecified atom stereocenters. The standard InChI is InChI=1S/C13H21N3/c1-9-11(8-14)12(16-15-9)10-3-6-13(7-10)4-2-5-13/h10H,2-8,14H2,1H3,(H,15,16). The predicted octanol–water partition coefficient (Wildman–Crippen LogP) is 2.61. The number of aromatic amines is 1. The topological polar surface area (TPSA) is 54.7 Å². The third-order valence-corrected chi connectivity index (χ3v) is 4.81. The summed E-state index contributed by atoms with van der Waals surface area (Å²) in [6.07, 6.45) is 8.42. The molecule has 16 heavy (non-hydrogen) atoms. The Bertz CT molecular complexity index is 390. The first-order valence-corrected chi connectivity index (χ1v) is 6.48. The van der Waals surface area contributed by atoms with E-state index >= 15 is 0 Å². The summed E-state index contributed by atoms with van der Waals surface area (Å²) in [6, 6.07) is 0. The van der Waals surface area contributed by atoms with Gasteiger partial charge < -0.3 is 5.73 Å². The van der Waals surface area contributed by atoms with Crippen LogP contribution in [0.15, 0.2) is 0 Å². The molecular formula is C13H21N3. The lowest BCUT2D eigenvalue weighted by molar-refractivity contribution is 0.141. The Kier molecular flexibility index (Phi) is 2.32. The van der Waals surface area contributed by atoms with E-state index in [9.17, 15) is 0 Å². The van der Waals surface area contributed by atoms with Gasteiger partial charge in [0.1, 0.15) is 0 Å². The van der Waals surface area contributed by atoms with Crippen LogP contribution in [0.25, 0.3) is 0 Å². The maximum Gasteiger partial charge on any atom is 0.0700 e. The van der Waals surface area contributed by atoms with Crippen LogP contribution in [0.1, 0.15) is 61.4 Å². The molecule has 0 aromatic carbocycles. The number of nitrogens with two attached hydrogens (primary N) is 1. The number of hydrogen-bond acceptors (Lipinski definition) is 2. The molecule has 0 radical (unpaired) electrons. The van der Waals surface area contributed by atoms with Gasteiger partial charge in [0.25, 0.3) is 0 Å². The summed E-state index contributed by atoms with van der Waals surface area (Å²) < 4.78 is 0. The van der Waals surface area contributed by atoms with E-state index in [1.807, 2.05) is 0 Å². The molecule has 3 nitrogen and oxygen atoms in total. The van der Waals surface area contributed by atoms with Gasteiger partial charge in [-0.2, -0.15) is 5.10 Å². The summed E-state index contributed by atoms with van der Waals surface area (Å²) in [5.41, 5.74) is 10.2. The van der Waals surface area contributed by atoms with Crippen molar-refractivity contribution in [2.75, 3.05) is 0 Å². The van der Waals surface area contributed by atoms with Crippen LogP contribution in [0.5, 0.6) is 0 Å². The highest BCUT2D eigenvalue weighted by Crippen LogP contribution is 2.57. The van der Waals surface area contributed by atoms with Crippen molar-refractivity contribution in [3.8, 4) is 0 Å². The van der Waals surface area contributed by atoms with Gasteiger partial charge in [0.2, 0.25) is 0 Å². The molecule has 3 heteroatoms. The van der Waals surface area contributed by atoms with Crippen LogP contribution in [-0.2, 0) is 6.54 Å². The highest BCUT2D eigenvalue weighted by atomic mass is 15.1. The molecule has 1 aromatic heterocycles. The Morgan fingerprint density at radius 2 is 2.25 bits per heavy atom. The molecule has 0 aliphatic heterocycles. The summed E-state index contributed by atoms with van der Waals surface area (Å²) in [7, 11) is 0. The van der Waals surface area contributed by atoms with E-state index < -0.39 is 0 Å². The van der Waals surface area contributed by atoms with E-state index in [-0.39, 0.29) is 0 Å². The molecule has 0 bridgehead atoms. The van der Waals surface area contributed by atoms with Gasteiger partial charge in [-0.3, -0.25) is 5.10 Å². The van der Waals surface area contributed by atoms with Crippen LogP contribution in [0.4, 0.5) is 0 Å². The van der Waals surface area contributed by atoms with Crippen molar-refractivity contribution in [2.24, 2.45) is 11.1 Å². The van der Waals surface area contributed by atoms with Gasteiger partial charge in [-0.15, -0.1) is 0 Å². The summed E-state index contributed by atoms with van der Waals surface area (Å²) in [5.74, 6) is 0.670. The Hall–Kier alpha value is -0.830. The van der Waals surface area contributed by atoms with Gasteiger partial charge in [0.05, 0.1) is 5.69 Å². The number of H-pyrrole nitrogens is 1. The van der Waals surface area contributed by atoms with Crippen LogP contribution < -0.4 is 5.73 Å². The third kappa shape index (κ3) is 1.41. The van der Waals surface area contributed by atoms with Crippen LogP contribution >= 0.6 is 0 Å². The van der Waals surface area contributed by atoms with E-state index in [2.05, 4.69) is 17.1 Å². The minimum Gasteiger partial charge on any atom is -0.326 e. The Labute approximate surface area is 96.8 Å². The fraction of sp³-hybridized carbons (Fsp3) is 0.769. The molecular weight excluding hydrogens is 198 g/mol. The number of nitrogens with one attached hydrogen (secondary N) is 1. The molecule has 1 heterocycles. The van der Waals surface area contributed by atoms with Crippen molar-refractivity contribution < 1.29 is 0 Å². The molecule has 88 valence electrons. The zero-order valence-corrected chi connectivity index (χ0v) is 10.1. The van der Waals surface area contributed by atoms with E-state index in [0.29, 0.717) is 17.9 Å². The smallest absolute Gasteiger partial charge is 0.0700 e. The number of nitrogens with zero attached hydrogens (tertiary/aromatic N) is 1. The maximum absolute atomic E-state index is 5.82. The average Bonchev–Trinajstić information content (AvgIpc) is 2.80. The third-order valence-electron chi connectivity index (χ3n) is 4.81. The summed E-state index contributed by atoms with van der Waals surface area (Å²) in [5, 5.41) is 7.59. The van der Waals surface area contributed by atoms with Crippen molar-refractivity contribution in [3.63, 3.8) is 0 Å². The second-order valence-electron chi connectivity index (χ2n) is 5.71. The van der Waals surface area contributed by atoms with Crippen LogP contribution in [0.2, 0.25) is 0 Å².